The summed E-state index contributed by atoms with van der Waals surface area (Å²) in [6.07, 6.45) is 1.29. The number of nitrogens with one attached hydrogen (secondary N) is 1. The van der Waals surface area contributed by atoms with Gasteiger partial charge in [0.2, 0.25) is 0 Å². The summed E-state index contributed by atoms with van der Waals surface area (Å²) in [5, 5.41) is 10.9. The van der Waals surface area contributed by atoms with Crippen LogP contribution in [0.25, 0.3) is 0 Å². The Hall–Kier alpha value is -2.38. The molecule has 1 aromatic rings. The van der Waals surface area contributed by atoms with Crippen LogP contribution in [0, 0.1) is 12.8 Å². The van der Waals surface area contributed by atoms with Crippen molar-refractivity contribution in [2.45, 2.75) is 19.8 Å². The van der Waals surface area contributed by atoms with Gasteiger partial charge in [0, 0.05) is 19.6 Å². The average molecular weight is 307 g/mol. The van der Waals surface area contributed by atoms with Crippen LogP contribution in [0.15, 0.2) is 12.1 Å². The molecule has 2 amide bonds. The van der Waals surface area contributed by atoms with E-state index in [1.54, 1.807) is 0 Å². The van der Waals surface area contributed by atoms with Crippen molar-refractivity contribution in [1.82, 2.24) is 15.5 Å². The van der Waals surface area contributed by atoms with Crippen molar-refractivity contribution in [3.8, 4) is 0 Å². The first kappa shape index (κ1) is 16.0. The van der Waals surface area contributed by atoms with Crippen LogP contribution < -0.4 is 16.0 Å². The molecular formula is C14H21N5O3. The normalized spacial score (nSPS) is 15.4. The second kappa shape index (κ2) is 7.58. The van der Waals surface area contributed by atoms with Crippen LogP contribution in [0.2, 0.25) is 0 Å². The molecule has 3 N–H and O–H groups in total. The van der Waals surface area contributed by atoms with E-state index < -0.39 is 18.6 Å². The Morgan fingerprint density at radius 2 is 2.09 bits per heavy atom. The number of nitrogens with two attached hydrogens (primary N) is 1. The summed E-state index contributed by atoms with van der Waals surface area (Å²) in [6, 6.07) is 3.92. The van der Waals surface area contributed by atoms with Crippen LogP contribution in [0.1, 0.15) is 18.5 Å². The maximum atomic E-state index is 11.3. The number of amides is 2. The number of hydrogen-bond donors (Lipinski definition) is 2. The van der Waals surface area contributed by atoms with E-state index in [9.17, 15) is 9.59 Å². The molecule has 8 heteroatoms. The lowest BCUT2D eigenvalue weighted by Crippen LogP contribution is -2.39. The summed E-state index contributed by atoms with van der Waals surface area (Å²) in [5.74, 6) is 0.608. The molecule has 1 aromatic heterocycles. The van der Waals surface area contributed by atoms with E-state index in [1.807, 2.05) is 19.1 Å². The minimum Gasteiger partial charge on any atom is -0.439 e. The van der Waals surface area contributed by atoms with Crippen LogP contribution in [0.3, 0.4) is 0 Å². The first-order chi connectivity index (χ1) is 10.5. The van der Waals surface area contributed by atoms with Crippen LogP contribution in [-0.4, -0.2) is 48.4 Å². The summed E-state index contributed by atoms with van der Waals surface area (Å²) in [5.41, 5.74) is 5.80. The average Bonchev–Trinajstić information content (AvgIpc) is 2.52. The fraction of sp³-hybridized carbons (Fsp3) is 0.571. The molecule has 120 valence electrons. The minimum atomic E-state index is -0.664. The summed E-state index contributed by atoms with van der Waals surface area (Å²) < 4.78 is 4.64. The third kappa shape index (κ3) is 4.87. The van der Waals surface area contributed by atoms with Crippen LogP contribution in [0.5, 0.6) is 0 Å². The maximum Gasteiger partial charge on any atom is 0.407 e. The second-order valence-corrected chi connectivity index (χ2v) is 5.39. The smallest absolute Gasteiger partial charge is 0.407 e. The first-order valence-corrected chi connectivity index (χ1v) is 7.29. The van der Waals surface area contributed by atoms with E-state index >= 15 is 0 Å². The van der Waals surface area contributed by atoms with E-state index in [-0.39, 0.29) is 0 Å². The van der Waals surface area contributed by atoms with Crippen molar-refractivity contribution >= 4 is 17.8 Å². The van der Waals surface area contributed by atoms with E-state index in [0.29, 0.717) is 12.5 Å². The van der Waals surface area contributed by atoms with E-state index in [0.717, 1.165) is 37.4 Å². The Bertz CT molecular complexity index is 512. The zero-order valence-corrected chi connectivity index (χ0v) is 12.6. The highest BCUT2D eigenvalue weighted by atomic mass is 16.6. The number of carbonyl (C=O) groups is 2. The molecule has 0 atom stereocenters. The number of piperidine rings is 1. The Balaban J connectivity index is 1.70. The van der Waals surface area contributed by atoms with Crippen molar-refractivity contribution in [1.29, 1.82) is 0 Å². The molecule has 0 aliphatic carbocycles. The topological polar surface area (TPSA) is 110 Å². The third-order valence-electron chi connectivity index (χ3n) is 3.60. The lowest BCUT2D eigenvalue weighted by Gasteiger charge is -2.32. The van der Waals surface area contributed by atoms with E-state index in [1.165, 1.54) is 0 Å². The second-order valence-electron chi connectivity index (χ2n) is 5.39. The number of aromatic nitrogens is 2. The number of hydrogen-bond acceptors (Lipinski definition) is 6. The maximum absolute atomic E-state index is 11.3. The Kier molecular flexibility index (Phi) is 5.51. The molecule has 0 aromatic carbocycles. The van der Waals surface area contributed by atoms with Gasteiger partial charge in [-0.2, -0.15) is 5.10 Å². The SMILES string of the molecule is Cc1ccc(N2CCC(CNC(=O)OCC(N)=O)CC2)nn1. The van der Waals surface area contributed by atoms with Crippen molar-refractivity contribution < 1.29 is 14.3 Å². The molecular weight excluding hydrogens is 286 g/mol. The Morgan fingerprint density at radius 3 is 2.68 bits per heavy atom. The van der Waals surface area contributed by atoms with Gasteiger partial charge in [-0.25, -0.2) is 4.79 Å². The Labute approximate surface area is 129 Å². The number of anilines is 1. The molecule has 2 heterocycles. The number of ether oxygens (including phenoxy) is 1. The fourth-order valence-electron chi connectivity index (χ4n) is 2.34. The molecule has 0 spiro atoms. The molecule has 2 rings (SSSR count). The van der Waals surface area contributed by atoms with Gasteiger partial charge < -0.3 is 20.7 Å². The molecule has 1 saturated heterocycles. The van der Waals surface area contributed by atoms with Gasteiger partial charge in [0.05, 0.1) is 5.69 Å². The fourth-order valence-corrected chi connectivity index (χ4v) is 2.34. The highest BCUT2D eigenvalue weighted by Crippen LogP contribution is 2.20. The van der Waals surface area contributed by atoms with E-state index in [4.69, 9.17) is 5.73 Å². The van der Waals surface area contributed by atoms with Gasteiger partial charge in [-0.1, -0.05) is 0 Å². The first-order valence-electron chi connectivity index (χ1n) is 7.29. The quantitative estimate of drug-likeness (QED) is 0.804. The number of alkyl carbamates (subject to hydrolysis) is 1. The number of primary amides is 1. The lowest BCUT2D eigenvalue weighted by molar-refractivity contribution is -0.120. The minimum absolute atomic E-state index is 0.385. The van der Waals surface area contributed by atoms with Crippen LogP contribution in [-0.2, 0) is 9.53 Å². The van der Waals surface area contributed by atoms with Crippen molar-refractivity contribution in [2.24, 2.45) is 11.7 Å². The number of carbonyl (C=O) groups excluding carboxylic acids is 2. The largest absolute Gasteiger partial charge is 0.439 e. The van der Waals surface area contributed by atoms with E-state index in [2.05, 4.69) is 25.2 Å². The predicted octanol–water partition coefficient (Wildman–Crippen LogP) is 0.213. The van der Waals surface area contributed by atoms with Gasteiger partial charge in [0.1, 0.15) is 0 Å². The Morgan fingerprint density at radius 1 is 1.36 bits per heavy atom. The summed E-state index contributed by atoms with van der Waals surface area (Å²) in [4.78, 5) is 24.0. The van der Waals surface area contributed by atoms with Gasteiger partial charge in [0.25, 0.3) is 5.91 Å². The molecule has 0 bridgehead atoms. The van der Waals surface area contributed by atoms with Gasteiger partial charge in [0.15, 0.2) is 12.4 Å². The monoisotopic (exact) mass is 307 g/mol. The van der Waals surface area contributed by atoms with Gasteiger partial charge in [-0.15, -0.1) is 5.10 Å². The van der Waals surface area contributed by atoms with Crippen molar-refractivity contribution in [3.63, 3.8) is 0 Å². The molecule has 0 unspecified atom stereocenters. The highest BCUT2D eigenvalue weighted by Gasteiger charge is 2.21. The van der Waals surface area contributed by atoms with Crippen molar-refractivity contribution in [3.05, 3.63) is 17.8 Å². The standard InChI is InChI=1S/C14H21N5O3/c1-10-2-3-13(18-17-10)19-6-4-11(5-7-19)8-16-14(21)22-9-12(15)20/h2-3,11H,4-9H2,1H3,(H2,15,20)(H,16,21). The number of nitrogens with zero attached hydrogens (tertiary/aromatic N) is 3. The predicted molar refractivity (Wildman–Crippen MR) is 80.3 cm³/mol. The molecule has 22 heavy (non-hydrogen) atoms. The van der Waals surface area contributed by atoms with Crippen molar-refractivity contribution in [2.75, 3.05) is 31.1 Å². The number of rotatable bonds is 5. The number of aryl methyl sites for hydroxylation is 1. The zero-order chi connectivity index (χ0) is 15.9. The van der Waals surface area contributed by atoms with Gasteiger partial charge >= 0.3 is 6.09 Å². The zero-order valence-electron chi connectivity index (χ0n) is 12.6. The summed E-state index contributed by atoms with van der Waals surface area (Å²) in [7, 11) is 0. The van der Waals surface area contributed by atoms with Gasteiger partial charge in [-0.3, -0.25) is 4.79 Å². The molecule has 0 radical (unpaired) electrons. The van der Waals surface area contributed by atoms with Crippen LogP contribution in [0.4, 0.5) is 10.6 Å². The van der Waals surface area contributed by atoms with Crippen LogP contribution >= 0.6 is 0 Å². The molecule has 1 aliphatic rings. The molecule has 1 aliphatic heterocycles. The lowest BCUT2D eigenvalue weighted by atomic mass is 9.97. The molecule has 1 fully saturated rings. The van der Waals surface area contributed by atoms with Gasteiger partial charge in [-0.05, 0) is 37.8 Å². The summed E-state index contributed by atoms with van der Waals surface area (Å²) >= 11 is 0. The summed E-state index contributed by atoms with van der Waals surface area (Å²) in [6.45, 7) is 3.80. The highest BCUT2D eigenvalue weighted by molar-refractivity contribution is 5.78. The molecule has 8 nitrogen and oxygen atoms in total. The molecule has 0 saturated carbocycles. The third-order valence-corrected chi connectivity index (χ3v) is 3.60.